The van der Waals surface area contributed by atoms with Crippen molar-refractivity contribution in [2.24, 2.45) is 0 Å². The second-order valence-electron chi connectivity index (χ2n) is 7.69. The third-order valence-electron chi connectivity index (χ3n) is 5.72. The van der Waals surface area contributed by atoms with E-state index in [4.69, 9.17) is 0 Å². The van der Waals surface area contributed by atoms with E-state index in [2.05, 4.69) is 108 Å². The van der Waals surface area contributed by atoms with Crippen LogP contribution in [0.4, 0.5) is 28.4 Å². The smallest absolute Gasteiger partial charge is 0.0703 e. The molecule has 0 radical (unpaired) electrons. The summed E-state index contributed by atoms with van der Waals surface area (Å²) in [6, 6.07) is 34.1. The first-order valence-corrected chi connectivity index (χ1v) is 10.7. The molecule has 32 heavy (non-hydrogen) atoms. The summed E-state index contributed by atoms with van der Waals surface area (Å²) in [5.74, 6) is 0. The van der Waals surface area contributed by atoms with Crippen molar-refractivity contribution in [2.75, 3.05) is 10.2 Å². The van der Waals surface area contributed by atoms with Crippen LogP contribution in [0.5, 0.6) is 0 Å². The minimum absolute atomic E-state index is 1.04. The van der Waals surface area contributed by atoms with Crippen LogP contribution in [-0.2, 0) is 0 Å². The number of anilines is 5. The number of fused-ring (bicyclic) bond motifs is 2. The molecule has 0 aliphatic carbocycles. The molecule has 0 aromatic heterocycles. The van der Waals surface area contributed by atoms with E-state index in [1.54, 1.807) is 6.08 Å². The molecule has 0 amide bonds. The number of benzene rings is 4. The monoisotopic (exact) mass is 412 g/mol. The molecule has 4 aromatic carbocycles. The molecule has 0 unspecified atom stereocenters. The topological polar surface area (TPSA) is 15.3 Å². The van der Waals surface area contributed by atoms with Gasteiger partial charge in [0.2, 0.25) is 0 Å². The van der Waals surface area contributed by atoms with Crippen molar-refractivity contribution in [2.45, 2.75) is 0 Å². The third kappa shape index (κ3) is 3.52. The summed E-state index contributed by atoms with van der Waals surface area (Å²) in [7, 11) is 0. The maximum atomic E-state index is 3.98. The summed E-state index contributed by atoms with van der Waals surface area (Å²) >= 11 is 0. The van der Waals surface area contributed by atoms with Crippen LogP contribution in [0, 0.1) is 0 Å². The van der Waals surface area contributed by atoms with Crippen LogP contribution < -0.4 is 10.2 Å². The Hall–Kier alpha value is -4.30. The maximum Gasteiger partial charge on any atom is 0.0703 e. The van der Waals surface area contributed by atoms with E-state index in [0.29, 0.717) is 0 Å². The van der Waals surface area contributed by atoms with Gasteiger partial charge >= 0.3 is 0 Å². The van der Waals surface area contributed by atoms with E-state index in [9.17, 15) is 0 Å². The van der Waals surface area contributed by atoms with Gasteiger partial charge in [-0.1, -0.05) is 92.0 Å². The Balaban J connectivity index is 1.71. The lowest BCUT2D eigenvalue weighted by atomic mass is 9.99. The van der Waals surface area contributed by atoms with Gasteiger partial charge in [-0.2, -0.15) is 0 Å². The standard InChI is InChI=1S/C30H24N2/c1-3-11-22(4-2)24-16-18-27-29(20-24)32(26-14-9-6-10-15-26)30-21-25(17-19-28(30)31-27)23-12-7-5-8-13-23/h3-21,31H,1-2H2/b22-11+. The molecule has 0 bridgehead atoms. The Morgan fingerprint density at radius 1 is 0.688 bits per heavy atom. The number of para-hydroxylation sites is 1. The summed E-state index contributed by atoms with van der Waals surface area (Å²) < 4.78 is 0. The van der Waals surface area contributed by atoms with E-state index in [1.807, 2.05) is 24.3 Å². The molecule has 1 heterocycles. The molecule has 2 nitrogen and oxygen atoms in total. The molecule has 5 rings (SSSR count). The third-order valence-corrected chi connectivity index (χ3v) is 5.72. The van der Waals surface area contributed by atoms with Gasteiger partial charge in [0.25, 0.3) is 0 Å². The molecule has 4 aromatic rings. The van der Waals surface area contributed by atoms with Gasteiger partial charge in [-0.25, -0.2) is 0 Å². The van der Waals surface area contributed by atoms with Crippen LogP contribution in [0.15, 0.2) is 128 Å². The highest BCUT2D eigenvalue weighted by atomic mass is 15.2. The molecule has 1 aliphatic rings. The molecule has 0 saturated heterocycles. The fourth-order valence-electron chi connectivity index (χ4n) is 4.17. The summed E-state index contributed by atoms with van der Waals surface area (Å²) in [6.45, 7) is 7.83. The first-order valence-electron chi connectivity index (χ1n) is 10.7. The van der Waals surface area contributed by atoms with Crippen LogP contribution in [0.1, 0.15) is 5.56 Å². The fraction of sp³-hybridized carbons (Fsp3) is 0. The second kappa shape index (κ2) is 8.44. The first-order chi connectivity index (χ1) is 15.8. The lowest BCUT2D eigenvalue weighted by Gasteiger charge is -2.35. The summed E-state index contributed by atoms with van der Waals surface area (Å²) in [6.07, 6.45) is 5.65. The SMILES string of the molecule is C=C/C=C(\C=C)c1ccc2c(c1)N(c1ccccc1)c1cc(-c3ccccc3)ccc1N2. The highest BCUT2D eigenvalue weighted by Gasteiger charge is 2.25. The van der Waals surface area contributed by atoms with Crippen LogP contribution in [0.2, 0.25) is 0 Å². The van der Waals surface area contributed by atoms with E-state index in [1.165, 1.54) is 11.1 Å². The van der Waals surface area contributed by atoms with E-state index in [-0.39, 0.29) is 0 Å². The minimum atomic E-state index is 1.04. The molecular weight excluding hydrogens is 388 g/mol. The molecule has 0 saturated carbocycles. The van der Waals surface area contributed by atoms with Gasteiger partial charge in [0.15, 0.2) is 0 Å². The lowest BCUT2D eigenvalue weighted by Crippen LogP contribution is -2.18. The van der Waals surface area contributed by atoms with E-state index in [0.717, 1.165) is 39.6 Å². The average molecular weight is 413 g/mol. The summed E-state index contributed by atoms with van der Waals surface area (Å²) in [5, 5.41) is 3.63. The van der Waals surface area contributed by atoms with Gasteiger partial charge in [0.1, 0.15) is 0 Å². The van der Waals surface area contributed by atoms with Crippen LogP contribution in [-0.4, -0.2) is 0 Å². The fourth-order valence-corrected chi connectivity index (χ4v) is 4.17. The zero-order valence-electron chi connectivity index (χ0n) is 17.8. The van der Waals surface area contributed by atoms with Crippen LogP contribution in [0.25, 0.3) is 16.7 Å². The summed E-state index contributed by atoms with van der Waals surface area (Å²) in [4.78, 5) is 2.33. The van der Waals surface area contributed by atoms with Gasteiger partial charge in [0.05, 0.1) is 22.7 Å². The van der Waals surface area contributed by atoms with Gasteiger partial charge < -0.3 is 10.2 Å². The Morgan fingerprint density at radius 3 is 2.03 bits per heavy atom. The molecule has 0 fully saturated rings. The quantitative estimate of drug-likeness (QED) is 0.291. The molecular formula is C30H24N2. The second-order valence-corrected chi connectivity index (χ2v) is 7.69. The van der Waals surface area contributed by atoms with Crippen molar-refractivity contribution in [3.63, 3.8) is 0 Å². The summed E-state index contributed by atoms with van der Waals surface area (Å²) in [5.41, 5.74) is 10.0. The van der Waals surface area contributed by atoms with Gasteiger partial charge in [0, 0.05) is 5.69 Å². The van der Waals surface area contributed by atoms with Gasteiger partial charge in [-0.3, -0.25) is 0 Å². The van der Waals surface area contributed by atoms with Gasteiger partial charge in [-0.15, -0.1) is 0 Å². The molecule has 154 valence electrons. The predicted octanol–water partition coefficient (Wildman–Crippen LogP) is 8.64. The Labute approximate surface area is 189 Å². The van der Waals surface area contributed by atoms with Crippen molar-refractivity contribution in [1.82, 2.24) is 0 Å². The molecule has 0 atom stereocenters. The largest absolute Gasteiger partial charge is 0.352 e. The average Bonchev–Trinajstić information content (AvgIpc) is 2.86. The Morgan fingerprint density at radius 2 is 1.34 bits per heavy atom. The number of nitrogens with zero attached hydrogens (tertiary/aromatic N) is 1. The molecule has 0 spiro atoms. The van der Waals surface area contributed by atoms with Crippen molar-refractivity contribution in [3.8, 4) is 11.1 Å². The Bertz CT molecular complexity index is 1320. The van der Waals surface area contributed by atoms with Crippen molar-refractivity contribution < 1.29 is 0 Å². The molecule has 1 aliphatic heterocycles. The maximum absolute atomic E-state index is 3.98. The normalized spacial score (nSPS) is 12.4. The van der Waals surface area contributed by atoms with Crippen LogP contribution >= 0.6 is 0 Å². The number of hydrogen-bond acceptors (Lipinski definition) is 2. The van der Waals surface area contributed by atoms with Gasteiger partial charge in [-0.05, 0) is 58.7 Å². The number of hydrogen-bond donors (Lipinski definition) is 1. The van der Waals surface area contributed by atoms with Crippen molar-refractivity contribution in [3.05, 3.63) is 134 Å². The number of allylic oxidation sites excluding steroid dienone is 4. The highest BCUT2D eigenvalue weighted by Crippen LogP contribution is 2.49. The number of rotatable bonds is 5. The zero-order chi connectivity index (χ0) is 21.9. The Kier molecular flexibility index (Phi) is 5.19. The van der Waals surface area contributed by atoms with Crippen LogP contribution in [0.3, 0.4) is 0 Å². The zero-order valence-corrected chi connectivity index (χ0v) is 17.8. The highest BCUT2D eigenvalue weighted by molar-refractivity contribution is 5.99. The first kappa shape index (κ1) is 19.7. The minimum Gasteiger partial charge on any atom is -0.352 e. The molecule has 1 N–H and O–H groups in total. The lowest BCUT2D eigenvalue weighted by molar-refractivity contribution is 1.25. The van der Waals surface area contributed by atoms with Crippen molar-refractivity contribution in [1.29, 1.82) is 0 Å². The van der Waals surface area contributed by atoms with E-state index >= 15 is 0 Å². The van der Waals surface area contributed by atoms with E-state index < -0.39 is 0 Å². The predicted molar refractivity (Wildman–Crippen MR) is 138 cm³/mol. The molecule has 2 heteroatoms. The number of nitrogens with one attached hydrogen (secondary N) is 1. The van der Waals surface area contributed by atoms with Crippen molar-refractivity contribution >= 4 is 34.0 Å².